The third kappa shape index (κ3) is 2.95. The van der Waals surface area contributed by atoms with E-state index in [0.717, 1.165) is 22.1 Å². The van der Waals surface area contributed by atoms with Gasteiger partial charge in [-0.15, -0.1) is 11.3 Å². The van der Waals surface area contributed by atoms with Crippen LogP contribution in [-0.2, 0) is 0 Å². The smallest absolute Gasteiger partial charge is 0.187 e. The predicted octanol–water partition coefficient (Wildman–Crippen LogP) is 4.74. The second-order valence-electron chi connectivity index (χ2n) is 4.04. The predicted molar refractivity (Wildman–Crippen MR) is 80.0 cm³/mol. The van der Waals surface area contributed by atoms with Crippen molar-refractivity contribution in [1.82, 2.24) is 9.97 Å². The lowest BCUT2D eigenvalue weighted by Gasteiger charge is -2.01. The summed E-state index contributed by atoms with van der Waals surface area (Å²) in [6, 6.07) is 9.73. The first-order chi connectivity index (χ1) is 9.70. The van der Waals surface area contributed by atoms with Crippen LogP contribution in [0, 0.1) is 5.82 Å². The van der Waals surface area contributed by atoms with Crippen LogP contribution in [0.4, 0.5) is 15.2 Å². The number of aromatic nitrogens is 2. The molecule has 0 fully saturated rings. The molecule has 1 N–H and O–H groups in total. The van der Waals surface area contributed by atoms with E-state index in [9.17, 15) is 4.39 Å². The topological polar surface area (TPSA) is 37.8 Å². The molecule has 2 heterocycles. The van der Waals surface area contributed by atoms with E-state index in [1.165, 1.54) is 23.5 Å². The second-order valence-corrected chi connectivity index (χ2v) is 5.28. The van der Waals surface area contributed by atoms with E-state index < -0.39 is 0 Å². The van der Waals surface area contributed by atoms with Crippen LogP contribution in [0.2, 0.25) is 5.15 Å². The Bertz CT molecular complexity index is 710. The van der Waals surface area contributed by atoms with E-state index in [0.29, 0.717) is 5.15 Å². The first-order valence-corrected chi connectivity index (χ1v) is 7.06. The molecule has 1 aromatic carbocycles. The van der Waals surface area contributed by atoms with Gasteiger partial charge in [-0.05, 0) is 36.4 Å². The third-order valence-electron chi connectivity index (χ3n) is 2.62. The highest BCUT2D eigenvalue weighted by Crippen LogP contribution is 2.27. The maximum Gasteiger partial charge on any atom is 0.187 e. The van der Waals surface area contributed by atoms with Crippen LogP contribution < -0.4 is 5.32 Å². The van der Waals surface area contributed by atoms with Crippen molar-refractivity contribution in [3.05, 3.63) is 58.9 Å². The molecule has 20 heavy (non-hydrogen) atoms. The minimum atomic E-state index is -0.261. The zero-order valence-corrected chi connectivity index (χ0v) is 11.7. The van der Waals surface area contributed by atoms with Gasteiger partial charge >= 0.3 is 0 Å². The number of thiazole rings is 1. The summed E-state index contributed by atoms with van der Waals surface area (Å²) in [6.45, 7) is 0. The largest absolute Gasteiger partial charge is 0.332 e. The average molecular weight is 306 g/mol. The summed E-state index contributed by atoms with van der Waals surface area (Å²) in [5, 5.41) is 6.24. The minimum absolute atomic E-state index is 0.261. The van der Waals surface area contributed by atoms with Gasteiger partial charge in [0.2, 0.25) is 0 Å². The van der Waals surface area contributed by atoms with E-state index >= 15 is 0 Å². The summed E-state index contributed by atoms with van der Waals surface area (Å²) in [7, 11) is 0. The molecule has 0 aliphatic heterocycles. The third-order valence-corrected chi connectivity index (χ3v) is 3.60. The van der Waals surface area contributed by atoms with Gasteiger partial charge < -0.3 is 5.32 Å². The summed E-state index contributed by atoms with van der Waals surface area (Å²) in [5.74, 6) is -0.261. The highest BCUT2D eigenvalue weighted by Gasteiger charge is 2.05. The fourth-order valence-corrected chi connectivity index (χ4v) is 2.50. The number of rotatable bonds is 3. The molecule has 0 atom stereocenters. The summed E-state index contributed by atoms with van der Waals surface area (Å²) in [5.41, 5.74) is 2.52. The summed E-state index contributed by atoms with van der Waals surface area (Å²) >= 11 is 7.22. The van der Waals surface area contributed by atoms with E-state index in [4.69, 9.17) is 11.6 Å². The first kappa shape index (κ1) is 13.0. The molecule has 6 heteroatoms. The van der Waals surface area contributed by atoms with Gasteiger partial charge in [-0.1, -0.05) is 11.6 Å². The molecule has 0 unspecified atom stereocenters. The van der Waals surface area contributed by atoms with Gasteiger partial charge in [0.1, 0.15) is 11.0 Å². The standard InChI is InChI=1S/C14H9ClFN3S/c15-13-6-1-9(7-17-13)12-8-20-14(19-12)18-11-4-2-10(16)3-5-11/h1-8H,(H,18,19). The molecule has 2 aromatic heterocycles. The number of benzene rings is 1. The van der Waals surface area contributed by atoms with Crippen molar-refractivity contribution in [2.45, 2.75) is 0 Å². The van der Waals surface area contributed by atoms with E-state index in [1.54, 1.807) is 24.4 Å². The Morgan fingerprint density at radius 3 is 2.60 bits per heavy atom. The molecule has 100 valence electrons. The Balaban J connectivity index is 1.80. The van der Waals surface area contributed by atoms with Crippen molar-refractivity contribution >= 4 is 33.8 Å². The Hall–Kier alpha value is -1.98. The van der Waals surface area contributed by atoms with E-state index in [-0.39, 0.29) is 5.82 Å². The quantitative estimate of drug-likeness (QED) is 0.710. The van der Waals surface area contributed by atoms with Crippen LogP contribution in [0.3, 0.4) is 0 Å². The van der Waals surface area contributed by atoms with E-state index in [1.807, 2.05) is 11.4 Å². The van der Waals surface area contributed by atoms with Crippen molar-refractivity contribution in [2.75, 3.05) is 5.32 Å². The zero-order valence-electron chi connectivity index (χ0n) is 10.2. The Morgan fingerprint density at radius 1 is 1.10 bits per heavy atom. The van der Waals surface area contributed by atoms with E-state index in [2.05, 4.69) is 15.3 Å². The highest BCUT2D eigenvalue weighted by molar-refractivity contribution is 7.14. The van der Waals surface area contributed by atoms with Crippen molar-refractivity contribution < 1.29 is 4.39 Å². The van der Waals surface area contributed by atoms with Crippen LogP contribution in [-0.4, -0.2) is 9.97 Å². The summed E-state index contributed by atoms with van der Waals surface area (Å²) < 4.78 is 12.8. The van der Waals surface area contributed by atoms with Crippen LogP contribution in [0.1, 0.15) is 0 Å². The molecule has 3 nitrogen and oxygen atoms in total. The van der Waals surface area contributed by atoms with Crippen LogP contribution >= 0.6 is 22.9 Å². The van der Waals surface area contributed by atoms with Crippen molar-refractivity contribution in [3.8, 4) is 11.3 Å². The number of hydrogen-bond donors (Lipinski definition) is 1. The van der Waals surface area contributed by atoms with Gasteiger partial charge in [-0.25, -0.2) is 14.4 Å². The maximum absolute atomic E-state index is 12.8. The van der Waals surface area contributed by atoms with Gasteiger partial charge in [-0.3, -0.25) is 0 Å². The fourth-order valence-electron chi connectivity index (χ4n) is 1.65. The number of pyridine rings is 1. The molecule has 0 aliphatic carbocycles. The van der Waals surface area contributed by atoms with Crippen molar-refractivity contribution in [3.63, 3.8) is 0 Å². The van der Waals surface area contributed by atoms with Crippen LogP contribution in [0.15, 0.2) is 48.0 Å². The number of halogens is 2. The van der Waals surface area contributed by atoms with Crippen molar-refractivity contribution in [2.24, 2.45) is 0 Å². The van der Waals surface area contributed by atoms with Gasteiger partial charge in [0.25, 0.3) is 0 Å². The lowest BCUT2D eigenvalue weighted by atomic mass is 10.2. The summed E-state index contributed by atoms with van der Waals surface area (Å²) in [6.07, 6.45) is 1.68. The van der Waals surface area contributed by atoms with Crippen LogP contribution in [0.25, 0.3) is 11.3 Å². The summed E-state index contributed by atoms with van der Waals surface area (Å²) in [4.78, 5) is 8.48. The molecule has 0 spiro atoms. The highest BCUT2D eigenvalue weighted by atomic mass is 35.5. The molecule has 0 bridgehead atoms. The minimum Gasteiger partial charge on any atom is -0.332 e. The Morgan fingerprint density at radius 2 is 1.90 bits per heavy atom. The van der Waals surface area contributed by atoms with Gasteiger partial charge in [-0.2, -0.15) is 0 Å². The molecular weight excluding hydrogens is 297 g/mol. The van der Waals surface area contributed by atoms with Crippen molar-refractivity contribution in [1.29, 1.82) is 0 Å². The SMILES string of the molecule is Fc1ccc(Nc2nc(-c3ccc(Cl)nc3)cs2)cc1. The fraction of sp³-hybridized carbons (Fsp3) is 0. The Labute approximate surface area is 124 Å². The normalized spacial score (nSPS) is 10.5. The molecular formula is C14H9ClFN3S. The average Bonchev–Trinajstić information content (AvgIpc) is 2.91. The number of nitrogens with zero attached hydrogens (tertiary/aromatic N) is 2. The first-order valence-electron chi connectivity index (χ1n) is 5.81. The lowest BCUT2D eigenvalue weighted by molar-refractivity contribution is 0.628. The Kier molecular flexibility index (Phi) is 3.62. The van der Waals surface area contributed by atoms with Crippen LogP contribution in [0.5, 0.6) is 0 Å². The molecule has 0 saturated heterocycles. The van der Waals surface area contributed by atoms with Gasteiger partial charge in [0.15, 0.2) is 5.13 Å². The zero-order chi connectivity index (χ0) is 13.9. The molecule has 3 rings (SSSR count). The number of anilines is 2. The van der Waals surface area contributed by atoms with Gasteiger partial charge in [0.05, 0.1) is 5.69 Å². The maximum atomic E-state index is 12.8. The monoisotopic (exact) mass is 305 g/mol. The molecule has 0 radical (unpaired) electrons. The van der Waals surface area contributed by atoms with Gasteiger partial charge in [0, 0.05) is 22.8 Å². The second kappa shape index (κ2) is 5.56. The molecule has 3 aromatic rings. The molecule has 0 aliphatic rings. The number of nitrogens with one attached hydrogen (secondary N) is 1. The molecule has 0 saturated carbocycles. The lowest BCUT2D eigenvalue weighted by Crippen LogP contribution is -1.89. The molecule has 0 amide bonds. The number of hydrogen-bond acceptors (Lipinski definition) is 4.